The fourth-order valence-corrected chi connectivity index (χ4v) is 2.05. The number of hydrogen-bond donors (Lipinski definition) is 1. The predicted molar refractivity (Wildman–Crippen MR) is 47.9 cm³/mol. The van der Waals surface area contributed by atoms with Gasteiger partial charge in [-0.25, -0.2) is 4.39 Å². The van der Waals surface area contributed by atoms with E-state index in [1.165, 1.54) is 0 Å². The minimum absolute atomic E-state index is 0.107. The number of rotatable bonds is 2. The molecule has 74 valence electrons. The Morgan fingerprint density at radius 2 is 2.08 bits per heavy atom. The van der Waals surface area contributed by atoms with Gasteiger partial charge in [-0.1, -0.05) is 6.92 Å². The Hall–Kier alpha value is -0.600. The molecule has 2 nitrogen and oxygen atoms in total. The van der Waals surface area contributed by atoms with Gasteiger partial charge in [-0.15, -0.1) is 0 Å². The van der Waals surface area contributed by atoms with Crippen molar-refractivity contribution in [1.29, 1.82) is 0 Å². The van der Waals surface area contributed by atoms with E-state index in [2.05, 4.69) is 12.2 Å². The first-order chi connectivity index (χ1) is 6.16. The molecule has 0 bridgehead atoms. The van der Waals surface area contributed by atoms with Crippen LogP contribution >= 0.6 is 0 Å². The molecule has 0 aromatic rings. The molecule has 4 atom stereocenters. The molecule has 2 unspecified atom stereocenters. The Labute approximate surface area is 77.9 Å². The van der Waals surface area contributed by atoms with Gasteiger partial charge in [-0.3, -0.25) is 4.79 Å². The maximum absolute atomic E-state index is 12.8. The first-order valence-electron chi connectivity index (χ1n) is 5.11. The highest BCUT2D eigenvalue weighted by atomic mass is 19.1. The molecule has 2 aliphatic rings. The summed E-state index contributed by atoms with van der Waals surface area (Å²) < 4.78 is 12.8. The van der Waals surface area contributed by atoms with Gasteiger partial charge in [-0.05, 0) is 31.6 Å². The van der Waals surface area contributed by atoms with E-state index in [1.807, 2.05) is 0 Å². The summed E-state index contributed by atoms with van der Waals surface area (Å²) in [5.74, 6) is 0.910. The summed E-state index contributed by atoms with van der Waals surface area (Å²) in [7, 11) is 0. The molecule has 0 heterocycles. The Bertz CT molecular complexity index is 219. The number of amides is 1. The molecule has 3 heteroatoms. The number of hydrogen-bond acceptors (Lipinski definition) is 1. The maximum Gasteiger partial charge on any atom is 0.223 e. The molecule has 2 fully saturated rings. The second-order valence-electron chi connectivity index (χ2n) is 4.44. The van der Waals surface area contributed by atoms with Crippen LogP contribution in [0.4, 0.5) is 4.39 Å². The van der Waals surface area contributed by atoms with Crippen LogP contribution in [0.5, 0.6) is 0 Å². The molecule has 1 amide bonds. The number of alkyl halides is 1. The molecule has 0 aromatic heterocycles. The highest BCUT2D eigenvalue weighted by Gasteiger charge is 2.40. The quantitative estimate of drug-likeness (QED) is 0.696. The van der Waals surface area contributed by atoms with E-state index in [4.69, 9.17) is 0 Å². The third-order valence-electron chi connectivity index (χ3n) is 3.16. The Morgan fingerprint density at radius 1 is 1.38 bits per heavy atom. The summed E-state index contributed by atoms with van der Waals surface area (Å²) in [4.78, 5) is 11.4. The van der Waals surface area contributed by atoms with Crippen LogP contribution in [0.25, 0.3) is 0 Å². The average Bonchev–Trinajstić information content (AvgIpc) is 2.66. The van der Waals surface area contributed by atoms with Crippen LogP contribution in [-0.4, -0.2) is 18.1 Å². The van der Waals surface area contributed by atoms with Gasteiger partial charge in [0, 0.05) is 12.0 Å². The van der Waals surface area contributed by atoms with Gasteiger partial charge in [0.1, 0.15) is 6.17 Å². The van der Waals surface area contributed by atoms with Crippen molar-refractivity contribution in [1.82, 2.24) is 5.32 Å². The lowest BCUT2D eigenvalue weighted by Crippen LogP contribution is -2.34. The fourth-order valence-electron chi connectivity index (χ4n) is 2.05. The average molecular weight is 185 g/mol. The third kappa shape index (κ3) is 2.01. The van der Waals surface area contributed by atoms with Crippen molar-refractivity contribution in [2.45, 2.75) is 44.8 Å². The number of carbonyl (C=O) groups excluding carboxylic acids is 1. The van der Waals surface area contributed by atoms with Gasteiger partial charge in [0.2, 0.25) is 5.91 Å². The van der Waals surface area contributed by atoms with E-state index >= 15 is 0 Å². The molecule has 0 aromatic carbocycles. The van der Waals surface area contributed by atoms with Crippen molar-refractivity contribution in [3.63, 3.8) is 0 Å². The van der Waals surface area contributed by atoms with E-state index in [1.54, 1.807) is 0 Å². The van der Waals surface area contributed by atoms with Crippen molar-refractivity contribution in [3.05, 3.63) is 0 Å². The fraction of sp³-hybridized carbons (Fsp3) is 0.900. The molecule has 2 rings (SSSR count). The second-order valence-corrected chi connectivity index (χ2v) is 4.44. The van der Waals surface area contributed by atoms with Crippen molar-refractivity contribution in [2.75, 3.05) is 0 Å². The van der Waals surface area contributed by atoms with Crippen LogP contribution in [-0.2, 0) is 4.79 Å². The van der Waals surface area contributed by atoms with E-state index in [-0.39, 0.29) is 17.9 Å². The number of carbonyl (C=O) groups is 1. The summed E-state index contributed by atoms with van der Waals surface area (Å²) in [5.41, 5.74) is 0. The summed E-state index contributed by atoms with van der Waals surface area (Å²) in [5, 5.41) is 2.92. The zero-order chi connectivity index (χ0) is 9.42. The smallest absolute Gasteiger partial charge is 0.223 e. The van der Waals surface area contributed by atoms with Gasteiger partial charge in [0.25, 0.3) is 0 Å². The van der Waals surface area contributed by atoms with E-state index in [0.717, 1.165) is 12.8 Å². The summed E-state index contributed by atoms with van der Waals surface area (Å²) >= 11 is 0. The molecular formula is C10H16FNO. The van der Waals surface area contributed by atoms with Crippen molar-refractivity contribution in [3.8, 4) is 0 Å². The largest absolute Gasteiger partial charge is 0.353 e. The lowest BCUT2D eigenvalue weighted by atomic mass is 10.2. The minimum Gasteiger partial charge on any atom is -0.353 e. The number of nitrogens with one attached hydrogen (secondary N) is 1. The van der Waals surface area contributed by atoms with E-state index in [0.29, 0.717) is 18.8 Å². The van der Waals surface area contributed by atoms with Gasteiger partial charge in [0.05, 0.1) is 0 Å². The first-order valence-corrected chi connectivity index (χ1v) is 5.11. The molecule has 0 aliphatic heterocycles. The topological polar surface area (TPSA) is 29.1 Å². The molecule has 13 heavy (non-hydrogen) atoms. The van der Waals surface area contributed by atoms with Crippen molar-refractivity contribution < 1.29 is 9.18 Å². The standard InChI is InChI=1S/C10H16FNO/c1-6-4-9(6)10(13)12-8-3-2-7(11)5-8/h6-9H,2-5H2,1H3,(H,12,13)/t6-,7?,8?,9-/m0/s1. The van der Waals surface area contributed by atoms with Crippen LogP contribution in [0, 0.1) is 11.8 Å². The first kappa shape index (κ1) is 8.97. The summed E-state index contributed by atoms with van der Waals surface area (Å²) in [6.07, 6.45) is 2.27. The number of halogens is 1. The maximum atomic E-state index is 12.8. The molecule has 2 saturated carbocycles. The van der Waals surface area contributed by atoms with Crippen molar-refractivity contribution >= 4 is 5.91 Å². The normalized spacial score (nSPS) is 43.2. The Balaban J connectivity index is 1.75. The Morgan fingerprint density at radius 3 is 2.54 bits per heavy atom. The van der Waals surface area contributed by atoms with Gasteiger partial charge in [-0.2, -0.15) is 0 Å². The summed E-state index contributed by atoms with van der Waals surface area (Å²) in [6, 6.07) is 0.107. The highest BCUT2D eigenvalue weighted by Crippen LogP contribution is 2.38. The summed E-state index contributed by atoms with van der Waals surface area (Å²) in [6.45, 7) is 2.08. The third-order valence-corrected chi connectivity index (χ3v) is 3.16. The van der Waals surface area contributed by atoms with E-state index < -0.39 is 6.17 Å². The van der Waals surface area contributed by atoms with Crippen LogP contribution in [0.15, 0.2) is 0 Å². The molecule has 2 aliphatic carbocycles. The lowest BCUT2D eigenvalue weighted by molar-refractivity contribution is -0.123. The lowest BCUT2D eigenvalue weighted by Gasteiger charge is -2.11. The zero-order valence-electron chi connectivity index (χ0n) is 7.92. The van der Waals surface area contributed by atoms with Gasteiger partial charge in [0.15, 0.2) is 0 Å². The van der Waals surface area contributed by atoms with Crippen LogP contribution < -0.4 is 5.32 Å². The van der Waals surface area contributed by atoms with Gasteiger partial charge >= 0.3 is 0 Å². The molecule has 1 N–H and O–H groups in total. The van der Waals surface area contributed by atoms with Gasteiger partial charge < -0.3 is 5.32 Å². The van der Waals surface area contributed by atoms with Crippen LogP contribution in [0.2, 0.25) is 0 Å². The monoisotopic (exact) mass is 185 g/mol. The molecular weight excluding hydrogens is 169 g/mol. The van der Waals surface area contributed by atoms with E-state index in [9.17, 15) is 9.18 Å². The molecule has 0 saturated heterocycles. The minimum atomic E-state index is -0.693. The second kappa shape index (κ2) is 3.28. The highest BCUT2D eigenvalue weighted by molar-refractivity contribution is 5.81. The SMILES string of the molecule is C[C@H]1C[C@@H]1C(=O)NC1CCC(F)C1. The zero-order valence-corrected chi connectivity index (χ0v) is 7.92. The van der Waals surface area contributed by atoms with Crippen molar-refractivity contribution in [2.24, 2.45) is 11.8 Å². The molecule has 0 radical (unpaired) electrons. The van der Waals surface area contributed by atoms with Crippen LogP contribution in [0.3, 0.4) is 0 Å². The Kier molecular flexibility index (Phi) is 2.26. The predicted octanol–water partition coefficient (Wildman–Crippen LogP) is 1.65. The van der Waals surface area contributed by atoms with Crippen LogP contribution in [0.1, 0.15) is 32.6 Å². The molecule has 0 spiro atoms.